The van der Waals surface area contributed by atoms with Crippen molar-refractivity contribution in [3.05, 3.63) is 11.8 Å². The molecule has 0 fully saturated rings. The molecule has 0 saturated heterocycles. The van der Waals surface area contributed by atoms with Crippen molar-refractivity contribution in [1.29, 1.82) is 0 Å². The number of nitrogens with one attached hydrogen (secondary N) is 2. The molecule has 5 atom stereocenters. The first-order valence-electron chi connectivity index (χ1n) is 7.75. The average Bonchev–Trinajstić information content (AvgIpc) is 2.52. The van der Waals surface area contributed by atoms with Crippen LogP contribution in [0.3, 0.4) is 0 Å². The van der Waals surface area contributed by atoms with Gasteiger partial charge in [-0.1, -0.05) is 13.8 Å². The number of hydrogen-bond acceptors (Lipinski definition) is 7. The van der Waals surface area contributed by atoms with Crippen molar-refractivity contribution in [2.45, 2.75) is 51.2 Å². The molecule has 142 valence electrons. The van der Waals surface area contributed by atoms with Crippen molar-refractivity contribution < 1.29 is 39.5 Å². The molecule has 0 spiro atoms. The zero-order valence-electron chi connectivity index (χ0n) is 14.2. The fraction of sp³-hybridized carbons (Fsp3) is 0.667. The van der Waals surface area contributed by atoms with E-state index in [0.29, 0.717) is 0 Å². The maximum Gasteiger partial charge on any atom is 0.370 e. The zero-order chi connectivity index (χ0) is 19.3. The van der Waals surface area contributed by atoms with Gasteiger partial charge in [0, 0.05) is 19.4 Å². The summed E-state index contributed by atoms with van der Waals surface area (Å²) < 4.78 is 5.13. The number of hydrogen-bond donors (Lipinski definition) is 6. The molecule has 10 nitrogen and oxygen atoms in total. The van der Waals surface area contributed by atoms with Gasteiger partial charge in [0.15, 0.2) is 6.10 Å². The third kappa shape index (κ3) is 5.69. The van der Waals surface area contributed by atoms with Gasteiger partial charge < -0.3 is 35.8 Å². The Morgan fingerprint density at radius 1 is 1.28 bits per heavy atom. The van der Waals surface area contributed by atoms with E-state index in [1.54, 1.807) is 13.8 Å². The minimum Gasteiger partial charge on any atom is -0.478 e. The normalized spacial score (nSPS) is 25.4. The topological polar surface area (TPSA) is 165 Å². The summed E-state index contributed by atoms with van der Waals surface area (Å²) in [4.78, 5) is 33.9. The summed E-state index contributed by atoms with van der Waals surface area (Å²) in [5.74, 6) is -3.30. The van der Waals surface area contributed by atoms with E-state index in [-0.39, 0.29) is 18.4 Å². The van der Waals surface area contributed by atoms with Crippen LogP contribution in [0, 0.1) is 5.92 Å². The predicted octanol–water partition coefficient (Wildman–Crippen LogP) is -2.29. The number of amides is 2. The monoisotopic (exact) mass is 360 g/mol. The van der Waals surface area contributed by atoms with Crippen LogP contribution < -0.4 is 10.6 Å². The molecule has 25 heavy (non-hydrogen) atoms. The highest BCUT2D eigenvalue weighted by Crippen LogP contribution is 2.22. The maximum atomic E-state index is 11.5. The van der Waals surface area contributed by atoms with Gasteiger partial charge in [0.2, 0.25) is 17.6 Å². The fourth-order valence-corrected chi connectivity index (χ4v) is 2.27. The Bertz CT molecular complexity index is 548. The molecule has 10 heteroatoms. The van der Waals surface area contributed by atoms with Crippen LogP contribution in [0.4, 0.5) is 0 Å². The molecular weight excluding hydrogens is 336 g/mol. The molecule has 0 aromatic rings. The second-order valence-corrected chi connectivity index (χ2v) is 6.09. The molecule has 1 aliphatic heterocycles. The summed E-state index contributed by atoms with van der Waals surface area (Å²) in [6.07, 6.45) is -5.17. The molecule has 0 saturated carbocycles. The lowest BCUT2D eigenvalue weighted by atomic mass is 9.93. The minimum atomic E-state index is -1.68. The van der Waals surface area contributed by atoms with Crippen LogP contribution >= 0.6 is 0 Å². The Morgan fingerprint density at radius 2 is 1.88 bits per heavy atom. The SMILES string of the molecule is CC(=O)N[C@H]1C(C(O)C(O)CNC(=O)C(C)C)OC(C(=O)O)=C[C@H]1O. The number of aliphatic carboxylic acids is 1. The molecular formula is C15H24N2O8. The van der Waals surface area contributed by atoms with E-state index >= 15 is 0 Å². The molecule has 1 heterocycles. The Hall–Kier alpha value is -2.17. The zero-order valence-corrected chi connectivity index (χ0v) is 14.2. The second kappa shape index (κ2) is 8.79. The standard InChI is InChI=1S/C15H24N2O8/c1-6(2)14(22)16-5-9(20)12(21)13-11(17-7(3)18)8(19)4-10(25-13)15(23)24/h4,6,8-9,11-13,19-21H,5H2,1-3H3,(H,16,22)(H,17,18)(H,23,24)/t8-,9?,11-,12?,13?/m1/s1. The van der Waals surface area contributed by atoms with Crippen molar-refractivity contribution in [3.8, 4) is 0 Å². The lowest BCUT2D eigenvalue weighted by molar-refractivity contribution is -0.147. The molecule has 0 aromatic carbocycles. The number of carboxylic acid groups (broad SMARTS) is 1. The van der Waals surface area contributed by atoms with Crippen molar-refractivity contribution in [2.24, 2.45) is 5.92 Å². The molecule has 3 unspecified atom stereocenters. The third-order valence-corrected chi connectivity index (χ3v) is 3.63. The van der Waals surface area contributed by atoms with E-state index < -0.39 is 48.1 Å². The van der Waals surface area contributed by atoms with Crippen LogP contribution in [0.25, 0.3) is 0 Å². The Labute approximate surface area is 144 Å². The third-order valence-electron chi connectivity index (χ3n) is 3.63. The average molecular weight is 360 g/mol. The van der Waals surface area contributed by atoms with Crippen molar-refractivity contribution in [2.75, 3.05) is 6.54 Å². The van der Waals surface area contributed by atoms with Gasteiger partial charge >= 0.3 is 5.97 Å². The lowest BCUT2D eigenvalue weighted by Gasteiger charge is -2.38. The minimum absolute atomic E-state index is 0.312. The van der Waals surface area contributed by atoms with Gasteiger partial charge in [0.25, 0.3) is 0 Å². The van der Waals surface area contributed by atoms with Crippen LogP contribution in [0.15, 0.2) is 11.8 Å². The van der Waals surface area contributed by atoms with Gasteiger partial charge in [-0.25, -0.2) is 4.79 Å². The van der Waals surface area contributed by atoms with Crippen LogP contribution in [-0.4, -0.2) is 75.2 Å². The predicted molar refractivity (Wildman–Crippen MR) is 84.1 cm³/mol. The van der Waals surface area contributed by atoms with Crippen LogP contribution in [-0.2, 0) is 19.1 Å². The largest absolute Gasteiger partial charge is 0.478 e. The van der Waals surface area contributed by atoms with Crippen molar-refractivity contribution in [1.82, 2.24) is 10.6 Å². The first-order chi connectivity index (χ1) is 11.5. The smallest absolute Gasteiger partial charge is 0.370 e. The van der Waals surface area contributed by atoms with E-state index in [1.165, 1.54) is 6.92 Å². The van der Waals surface area contributed by atoms with E-state index in [1.807, 2.05) is 0 Å². The number of aliphatic hydroxyl groups excluding tert-OH is 3. The fourth-order valence-electron chi connectivity index (χ4n) is 2.27. The van der Waals surface area contributed by atoms with Gasteiger partial charge in [-0.05, 0) is 6.08 Å². The van der Waals surface area contributed by atoms with Gasteiger partial charge in [-0.15, -0.1) is 0 Å². The molecule has 0 aromatic heterocycles. The Kier molecular flexibility index (Phi) is 7.34. The highest BCUT2D eigenvalue weighted by molar-refractivity contribution is 5.84. The maximum absolute atomic E-state index is 11.5. The van der Waals surface area contributed by atoms with E-state index in [4.69, 9.17) is 9.84 Å². The number of ether oxygens (including phenoxy) is 1. The summed E-state index contributed by atoms with van der Waals surface area (Å²) in [5.41, 5.74) is 0. The molecule has 6 N–H and O–H groups in total. The van der Waals surface area contributed by atoms with E-state index in [2.05, 4.69) is 10.6 Å². The van der Waals surface area contributed by atoms with Crippen LogP contribution in [0.5, 0.6) is 0 Å². The number of aliphatic hydroxyl groups is 3. The highest BCUT2D eigenvalue weighted by Gasteiger charge is 2.43. The summed E-state index contributed by atoms with van der Waals surface area (Å²) in [6, 6.07) is -1.17. The number of carbonyl (C=O) groups excluding carboxylic acids is 2. The Morgan fingerprint density at radius 3 is 2.36 bits per heavy atom. The van der Waals surface area contributed by atoms with Crippen LogP contribution in [0.1, 0.15) is 20.8 Å². The summed E-state index contributed by atoms with van der Waals surface area (Å²) in [7, 11) is 0. The second-order valence-electron chi connectivity index (χ2n) is 6.09. The number of carboxylic acids is 1. The quantitative estimate of drug-likeness (QED) is 0.295. The van der Waals surface area contributed by atoms with Crippen molar-refractivity contribution in [3.63, 3.8) is 0 Å². The molecule has 1 rings (SSSR count). The van der Waals surface area contributed by atoms with Gasteiger partial charge in [-0.3, -0.25) is 9.59 Å². The Balaban J connectivity index is 2.91. The first-order valence-corrected chi connectivity index (χ1v) is 7.75. The molecule has 0 radical (unpaired) electrons. The number of rotatable bonds is 7. The molecule has 0 bridgehead atoms. The van der Waals surface area contributed by atoms with Crippen molar-refractivity contribution >= 4 is 17.8 Å². The summed E-state index contributed by atoms with van der Waals surface area (Å²) in [5, 5.41) is 44.1. The lowest BCUT2D eigenvalue weighted by Crippen LogP contribution is -2.60. The van der Waals surface area contributed by atoms with Gasteiger partial charge in [0.1, 0.15) is 18.3 Å². The first kappa shape index (κ1) is 20.9. The molecule has 1 aliphatic rings. The summed E-state index contributed by atoms with van der Waals surface area (Å²) in [6.45, 7) is 4.16. The van der Waals surface area contributed by atoms with E-state index in [9.17, 15) is 29.7 Å². The van der Waals surface area contributed by atoms with Crippen LogP contribution in [0.2, 0.25) is 0 Å². The molecule has 0 aliphatic carbocycles. The summed E-state index contributed by atoms with van der Waals surface area (Å²) >= 11 is 0. The van der Waals surface area contributed by atoms with E-state index in [0.717, 1.165) is 6.08 Å². The van der Waals surface area contributed by atoms with Gasteiger partial charge in [-0.2, -0.15) is 0 Å². The number of carbonyl (C=O) groups is 3. The van der Waals surface area contributed by atoms with Gasteiger partial charge in [0.05, 0.1) is 6.04 Å². The highest BCUT2D eigenvalue weighted by atomic mass is 16.5. The molecule has 2 amide bonds.